The number of imidazole rings is 1. The fourth-order valence-electron chi connectivity index (χ4n) is 3.40. The van der Waals surface area contributed by atoms with E-state index in [1.807, 2.05) is 42.5 Å². The van der Waals surface area contributed by atoms with Crippen LogP contribution in [-0.2, 0) is 6.42 Å². The van der Waals surface area contributed by atoms with Crippen LogP contribution in [0.2, 0.25) is 0 Å². The average Bonchev–Trinajstić information content (AvgIpc) is 3.39. The Hall–Kier alpha value is -3.64. The largest absolute Gasteiger partial charge is 0.470 e. The summed E-state index contributed by atoms with van der Waals surface area (Å²) in [4.78, 5) is 11.8. The Morgan fingerprint density at radius 2 is 1.78 bits per heavy atom. The molecule has 5 rings (SSSR count). The third-order valence-corrected chi connectivity index (χ3v) is 5.17. The van der Waals surface area contributed by atoms with Gasteiger partial charge in [-0.25, -0.2) is 9.97 Å². The topological polar surface area (TPSA) is 74.9 Å². The Labute approximate surface area is 189 Å². The van der Waals surface area contributed by atoms with Gasteiger partial charge in [-0.05, 0) is 31.5 Å². The van der Waals surface area contributed by atoms with E-state index < -0.39 is 0 Å². The molecule has 2 aromatic carbocycles. The van der Waals surface area contributed by atoms with Crippen LogP contribution in [-0.4, -0.2) is 40.7 Å². The molecule has 0 aliphatic carbocycles. The second-order valence-electron chi connectivity index (χ2n) is 7.73. The number of H-pyrrole nitrogens is 1. The number of pyridine rings is 1. The van der Waals surface area contributed by atoms with Gasteiger partial charge in [0.2, 0.25) is 5.88 Å². The van der Waals surface area contributed by atoms with Crippen molar-refractivity contribution in [1.29, 1.82) is 0 Å². The second kappa shape index (κ2) is 11.1. The quantitative estimate of drug-likeness (QED) is 0.396. The number of fused-ring (bicyclic) bond motifs is 1. The van der Waals surface area contributed by atoms with Crippen molar-refractivity contribution in [3.63, 3.8) is 0 Å². The van der Waals surface area contributed by atoms with Crippen molar-refractivity contribution in [2.45, 2.75) is 19.4 Å². The van der Waals surface area contributed by atoms with Gasteiger partial charge in [-0.1, -0.05) is 66.2 Å². The van der Waals surface area contributed by atoms with Crippen molar-refractivity contribution < 1.29 is 4.74 Å². The van der Waals surface area contributed by atoms with Gasteiger partial charge in [0.25, 0.3) is 0 Å². The molecule has 0 bridgehead atoms. The number of anilines is 1. The summed E-state index contributed by atoms with van der Waals surface area (Å²) in [6, 6.07) is 22.7. The molecule has 6 nitrogen and oxygen atoms in total. The molecule has 2 aromatic heterocycles. The van der Waals surface area contributed by atoms with E-state index >= 15 is 0 Å². The van der Waals surface area contributed by atoms with Gasteiger partial charge in [0.1, 0.15) is 11.9 Å². The summed E-state index contributed by atoms with van der Waals surface area (Å²) >= 11 is 0. The summed E-state index contributed by atoms with van der Waals surface area (Å²) in [5.74, 6) is 1.46. The number of aromatic nitrogens is 3. The number of rotatable bonds is 6. The SMILES string of the molecule is Cc1ccc(CCNC[C@@H]2CNc3cc(-c4ncc[nH]4)cnc3O2)cc1.c1ccccc1. The first-order chi connectivity index (χ1) is 15.8. The standard InChI is InChI=1S/C20H23N5O.C6H6/c1-14-2-4-15(5-3-14)6-7-21-12-17-13-24-18-10-16(11-25-20(18)26-17)19-22-8-9-23-19;1-2-4-6-5-3-1/h2-5,8-11,17,21,24H,6-7,12-13H2,1H3,(H,22,23);1-6H/t17-;/m1./s1. The molecule has 0 fully saturated rings. The highest BCUT2D eigenvalue weighted by atomic mass is 16.5. The van der Waals surface area contributed by atoms with Crippen molar-refractivity contribution in [1.82, 2.24) is 20.3 Å². The molecule has 1 aliphatic heterocycles. The molecular weight excluding hydrogens is 398 g/mol. The van der Waals surface area contributed by atoms with Gasteiger partial charge in [0.15, 0.2) is 0 Å². The zero-order valence-electron chi connectivity index (χ0n) is 18.3. The summed E-state index contributed by atoms with van der Waals surface area (Å²) in [5, 5.41) is 6.89. The zero-order valence-corrected chi connectivity index (χ0v) is 18.3. The van der Waals surface area contributed by atoms with E-state index in [0.29, 0.717) is 5.88 Å². The maximum atomic E-state index is 6.01. The minimum atomic E-state index is 0.0717. The van der Waals surface area contributed by atoms with Gasteiger partial charge in [-0.2, -0.15) is 0 Å². The Balaban J connectivity index is 0.000000354. The van der Waals surface area contributed by atoms with E-state index in [0.717, 1.165) is 43.1 Å². The van der Waals surface area contributed by atoms with E-state index in [1.54, 1.807) is 18.6 Å². The number of hydrogen-bond acceptors (Lipinski definition) is 5. The van der Waals surface area contributed by atoms with Crippen LogP contribution < -0.4 is 15.4 Å². The molecule has 1 atom stereocenters. The fraction of sp³-hybridized carbons (Fsp3) is 0.231. The number of nitrogens with one attached hydrogen (secondary N) is 3. The maximum Gasteiger partial charge on any atom is 0.237 e. The van der Waals surface area contributed by atoms with Gasteiger partial charge in [0.05, 0.1) is 12.2 Å². The summed E-state index contributed by atoms with van der Waals surface area (Å²) in [5.41, 5.74) is 4.50. The van der Waals surface area contributed by atoms with Gasteiger partial charge in [-0.15, -0.1) is 0 Å². The first-order valence-corrected chi connectivity index (χ1v) is 10.9. The minimum absolute atomic E-state index is 0.0717. The lowest BCUT2D eigenvalue weighted by molar-refractivity contribution is 0.194. The van der Waals surface area contributed by atoms with Gasteiger partial charge >= 0.3 is 0 Å². The molecule has 1 aliphatic rings. The van der Waals surface area contributed by atoms with Crippen LogP contribution in [0.25, 0.3) is 11.4 Å². The molecule has 164 valence electrons. The molecule has 3 heterocycles. The summed E-state index contributed by atoms with van der Waals surface area (Å²) in [7, 11) is 0. The Morgan fingerprint density at radius 1 is 1.03 bits per heavy atom. The molecule has 0 spiro atoms. The third-order valence-electron chi connectivity index (χ3n) is 5.17. The van der Waals surface area contributed by atoms with Crippen LogP contribution in [0, 0.1) is 6.92 Å². The number of hydrogen-bond donors (Lipinski definition) is 3. The van der Waals surface area contributed by atoms with E-state index in [1.165, 1.54) is 11.1 Å². The van der Waals surface area contributed by atoms with Crippen molar-refractivity contribution in [3.8, 4) is 17.3 Å². The summed E-state index contributed by atoms with van der Waals surface area (Å²) in [6.07, 6.45) is 6.41. The van der Waals surface area contributed by atoms with Crippen molar-refractivity contribution in [3.05, 3.63) is 96.4 Å². The first kappa shape index (κ1) is 21.6. The van der Waals surface area contributed by atoms with Crippen LogP contribution in [0.3, 0.4) is 0 Å². The first-order valence-electron chi connectivity index (χ1n) is 10.9. The lowest BCUT2D eigenvalue weighted by atomic mass is 10.1. The second-order valence-corrected chi connectivity index (χ2v) is 7.73. The highest BCUT2D eigenvalue weighted by Gasteiger charge is 2.20. The lowest BCUT2D eigenvalue weighted by Gasteiger charge is -2.26. The van der Waals surface area contributed by atoms with Gasteiger partial charge < -0.3 is 20.4 Å². The Kier molecular flexibility index (Phi) is 7.50. The fourth-order valence-corrected chi connectivity index (χ4v) is 3.40. The lowest BCUT2D eigenvalue weighted by Crippen LogP contribution is -2.40. The molecule has 3 N–H and O–H groups in total. The monoisotopic (exact) mass is 427 g/mol. The predicted octanol–water partition coefficient (Wildman–Crippen LogP) is 4.47. The number of nitrogens with zero attached hydrogens (tertiary/aromatic N) is 2. The zero-order chi connectivity index (χ0) is 22.0. The highest BCUT2D eigenvalue weighted by molar-refractivity contribution is 5.65. The Morgan fingerprint density at radius 3 is 2.47 bits per heavy atom. The molecule has 0 saturated carbocycles. The van der Waals surface area contributed by atoms with E-state index in [2.05, 4.69) is 56.8 Å². The summed E-state index contributed by atoms with van der Waals surface area (Å²) < 4.78 is 6.01. The van der Waals surface area contributed by atoms with E-state index in [4.69, 9.17) is 4.74 Å². The molecule has 4 aromatic rings. The van der Waals surface area contributed by atoms with Crippen LogP contribution in [0.1, 0.15) is 11.1 Å². The number of benzene rings is 2. The van der Waals surface area contributed by atoms with E-state index in [-0.39, 0.29) is 6.10 Å². The van der Waals surface area contributed by atoms with Gasteiger partial charge in [0, 0.05) is 30.7 Å². The maximum absolute atomic E-state index is 6.01. The van der Waals surface area contributed by atoms with Crippen molar-refractivity contribution in [2.24, 2.45) is 0 Å². The van der Waals surface area contributed by atoms with Crippen LogP contribution in [0.15, 0.2) is 85.3 Å². The molecule has 6 heteroatoms. The number of aryl methyl sites for hydroxylation is 1. The van der Waals surface area contributed by atoms with Gasteiger partial charge in [-0.3, -0.25) is 0 Å². The third kappa shape index (κ3) is 6.18. The predicted molar refractivity (Wildman–Crippen MR) is 129 cm³/mol. The molecule has 0 radical (unpaired) electrons. The van der Waals surface area contributed by atoms with Crippen LogP contribution in [0.5, 0.6) is 5.88 Å². The number of ether oxygens (including phenoxy) is 1. The van der Waals surface area contributed by atoms with Crippen LogP contribution in [0.4, 0.5) is 5.69 Å². The average molecular weight is 428 g/mol. The smallest absolute Gasteiger partial charge is 0.237 e. The highest BCUT2D eigenvalue weighted by Crippen LogP contribution is 2.29. The minimum Gasteiger partial charge on any atom is -0.470 e. The molecular formula is C26H29N5O. The van der Waals surface area contributed by atoms with E-state index in [9.17, 15) is 0 Å². The normalized spacial score (nSPS) is 14.3. The molecule has 32 heavy (non-hydrogen) atoms. The molecule has 0 saturated heterocycles. The summed E-state index contributed by atoms with van der Waals surface area (Å²) in [6.45, 7) is 4.59. The van der Waals surface area contributed by atoms with Crippen molar-refractivity contribution >= 4 is 5.69 Å². The molecule has 0 unspecified atom stereocenters. The van der Waals surface area contributed by atoms with Crippen molar-refractivity contribution in [2.75, 3.05) is 25.0 Å². The number of aromatic amines is 1. The van der Waals surface area contributed by atoms with Crippen LogP contribution >= 0.6 is 0 Å². The molecule has 0 amide bonds. The Bertz CT molecular complexity index is 1040.